The summed E-state index contributed by atoms with van der Waals surface area (Å²) in [4.78, 5) is 29.2. The Kier molecular flexibility index (Phi) is 6.10. The number of amides is 1. The third kappa shape index (κ3) is 4.99. The van der Waals surface area contributed by atoms with Crippen LogP contribution in [-0.2, 0) is 4.79 Å². The molecule has 7 heteroatoms. The van der Waals surface area contributed by atoms with Crippen molar-refractivity contribution in [2.24, 2.45) is 0 Å². The van der Waals surface area contributed by atoms with Gasteiger partial charge in [-0.3, -0.25) is 9.59 Å². The summed E-state index contributed by atoms with van der Waals surface area (Å²) < 4.78 is 7.51. The lowest BCUT2D eigenvalue weighted by atomic mass is 10.0. The number of nitrogens with one attached hydrogen (secondary N) is 1. The molecule has 1 N–H and O–H groups in total. The summed E-state index contributed by atoms with van der Waals surface area (Å²) in [5.41, 5.74) is 2.37. The molecule has 0 radical (unpaired) electrons. The second-order valence-corrected chi connectivity index (χ2v) is 7.13. The number of rotatable bonds is 7. The van der Waals surface area contributed by atoms with Gasteiger partial charge in [0.2, 0.25) is 0 Å². The summed E-state index contributed by atoms with van der Waals surface area (Å²) in [6, 6.07) is 20.9. The molecule has 3 aromatic carbocycles. The maximum absolute atomic E-state index is 12.8. The summed E-state index contributed by atoms with van der Waals surface area (Å²) in [5, 5.41) is 3.19. The van der Waals surface area contributed by atoms with Gasteiger partial charge < -0.3 is 14.6 Å². The Balaban J connectivity index is 1.42. The van der Waals surface area contributed by atoms with Crippen LogP contribution in [0.5, 0.6) is 5.75 Å². The van der Waals surface area contributed by atoms with E-state index < -0.39 is 0 Å². The van der Waals surface area contributed by atoms with Crippen LogP contribution < -0.4 is 10.1 Å². The summed E-state index contributed by atoms with van der Waals surface area (Å²) in [5.74, 6) is -0.277. The van der Waals surface area contributed by atoms with E-state index in [1.165, 1.54) is 0 Å². The van der Waals surface area contributed by atoms with Crippen molar-refractivity contribution in [2.45, 2.75) is 0 Å². The van der Waals surface area contributed by atoms with Gasteiger partial charge in [-0.15, -0.1) is 0 Å². The van der Waals surface area contributed by atoms with Crippen molar-refractivity contribution < 1.29 is 14.3 Å². The van der Waals surface area contributed by atoms with Crippen LogP contribution in [0.2, 0.25) is 5.02 Å². The molecule has 154 valence electrons. The summed E-state index contributed by atoms with van der Waals surface area (Å²) >= 11 is 6.08. The SMILES string of the molecule is O=C(COc1ccc(Cl)cc1C(=O)c1ccccc1)Nc1ccc(-n2ccnc2)cc1. The molecule has 4 rings (SSSR count). The van der Waals surface area contributed by atoms with E-state index in [-0.39, 0.29) is 18.3 Å². The number of hydrogen-bond donors (Lipinski definition) is 1. The molecule has 0 spiro atoms. The third-order valence-electron chi connectivity index (χ3n) is 4.53. The van der Waals surface area contributed by atoms with Crippen LogP contribution in [0.3, 0.4) is 0 Å². The average Bonchev–Trinajstić information content (AvgIpc) is 3.34. The summed E-state index contributed by atoms with van der Waals surface area (Å²) in [6.07, 6.45) is 5.23. The largest absolute Gasteiger partial charge is 0.483 e. The van der Waals surface area contributed by atoms with Crippen LogP contribution in [0, 0.1) is 0 Å². The Morgan fingerprint density at radius 3 is 2.48 bits per heavy atom. The van der Waals surface area contributed by atoms with E-state index in [0.29, 0.717) is 27.6 Å². The molecule has 0 unspecified atom stereocenters. The number of ether oxygens (including phenoxy) is 1. The molecule has 1 amide bonds. The highest BCUT2D eigenvalue weighted by atomic mass is 35.5. The van der Waals surface area contributed by atoms with Gasteiger partial charge in [-0.1, -0.05) is 41.9 Å². The molecule has 4 aromatic rings. The van der Waals surface area contributed by atoms with Crippen LogP contribution in [-0.4, -0.2) is 27.8 Å². The fraction of sp³-hybridized carbons (Fsp3) is 0.0417. The molecule has 0 aliphatic rings. The highest BCUT2D eigenvalue weighted by Gasteiger charge is 2.16. The standard InChI is InChI=1S/C24H18ClN3O3/c25-18-6-11-22(21(14-18)24(30)17-4-2-1-3-5-17)31-15-23(29)27-19-7-9-20(10-8-19)28-13-12-26-16-28/h1-14,16H,15H2,(H,27,29). The molecule has 0 aliphatic carbocycles. The normalized spacial score (nSPS) is 10.5. The van der Waals surface area contributed by atoms with E-state index in [0.717, 1.165) is 5.69 Å². The van der Waals surface area contributed by atoms with Gasteiger partial charge in [0.25, 0.3) is 5.91 Å². The molecule has 0 saturated heterocycles. The summed E-state index contributed by atoms with van der Waals surface area (Å²) in [7, 11) is 0. The summed E-state index contributed by atoms with van der Waals surface area (Å²) in [6.45, 7) is -0.250. The van der Waals surface area contributed by atoms with Crippen LogP contribution in [0.25, 0.3) is 5.69 Å². The van der Waals surface area contributed by atoms with E-state index in [1.807, 2.05) is 29.0 Å². The minimum absolute atomic E-state index is 0.228. The number of nitrogens with zero attached hydrogens (tertiary/aromatic N) is 2. The Morgan fingerprint density at radius 1 is 1.00 bits per heavy atom. The first-order valence-electron chi connectivity index (χ1n) is 9.50. The predicted octanol–water partition coefficient (Wildman–Crippen LogP) is 4.77. The molecule has 0 saturated carbocycles. The molecular weight excluding hydrogens is 414 g/mol. The second-order valence-electron chi connectivity index (χ2n) is 6.69. The van der Waals surface area contributed by atoms with E-state index in [2.05, 4.69) is 10.3 Å². The molecule has 31 heavy (non-hydrogen) atoms. The minimum atomic E-state index is -0.344. The van der Waals surface area contributed by atoms with E-state index in [1.54, 1.807) is 67.1 Å². The van der Waals surface area contributed by atoms with Gasteiger partial charge in [-0.2, -0.15) is 0 Å². The van der Waals surface area contributed by atoms with Gasteiger partial charge in [-0.05, 0) is 42.5 Å². The Morgan fingerprint density at radius 2 is 1.77 bits per heavy atom. The number of carbonyl (C=O) groups excluding carboxylic acids is 2. The maximum atomic E-state index is 12.8. The number of benzene rings is 3. The minimum Gasteiger partial charge on any atom is -0.483 e. The molecule has 0 atom stereocenters. The third-order valence-corrected chi connectivity index (χ3v) is 4.77. The number of halogens is 1. The smallest absolute Gasteiger partial charge is 0.262 e. The van der Waals surface area contributed by atoms with Crippen LogP contribution in [0.1, 0.15) is 15.9 Å². The van der Waals surface area contributed by atoms with Crippen LogP contribution >= 0.6 is 11.6 Å². The highest BCUT2D eigenvalue weighted by Crippen LogP contribution is 2.26. The fourth-order valence-electron chi connectivity index (χ4n) is 3.02. The Labute approximate surface area is 184 Å². The topological polar surface area (TPSA) is 73.2 Å². The number of imidazole rings is 1. The van der Waals surface area contributed by atoms with Crippen molar-refractivity contribution in [2.75, 3.05) is 11.9 Å². The van der Waals surface area contributed by atoms with E-state index in [4.69, 9.17) is 16.3 Å². The molecule has 0 aliphatic heterocycles. The Bertz CT molecular complexity index is 1190. The molecule has 6 nitrogen and oxygen atoms in total. The zero-order valence-corrected chi connectivity index (χ0v) is 17.1. The monoisotopic (exact) mass is 431 g/mol. The Hall–Kier alpha value is -3.90. The van der Waals surface area contributed by atoms with Gasteiger partial charge in [0, 0.05) is 34.4 Å². The lowest BCUT2D eigenvalue weighted by Gasteiger charge is -2.12. The fourth-order valence-corrected chi connectivity index (χ4v) is 3.19. The highest BCUT2D eigenvalue weighted by molar-refractivity contribution is 6.31. The van der Waals surface area contributed by atoms with Gasteiger partial charge in [0.05, 0.1) is 11.9 Å². The molecular formula is C24H18ClN3O3. The van der Waals surface area contributed by atoms with Crippen molar-refractivity contribution >= 4 is 29.0 Å². The zero-order chi connectivity index (χ0) is 21.6. The molecule has 0 bridgehead atoms. The van der Waals surface area contributed by atoms with E-state index >= 15 is 0 Å². The van der Waals surface area contributed by atoms with Gasteiger partial charge >= 0.3 is 0 Å². The number of carbonyl (C=O) groups is 2. The van der Waals surface area contributed by atoms with Crippen molar-refractivity contribution in [1.29, 1.82) is 0 Å². The van der Waals surface area contributed by atoms with E-state index in [9.17, 15) is 9.59 Å². The number of hydrogen-bond acceptors (Lipinski definition) is 4. The first-order chi connectivity index (χ1) is 15.1. The average molecular weight is 432 g/mol. The molecule has 1 heterocycles. The first-order valence-corrected chi connectivity index (χ1v) is 9.88. The van der Waals surface area contributed by atoms with Crippen LogP contribution in [0.4, 0.5) is 5.69 Å². The van der Waals surface area contributed by atoms with Crippen molar-refractivity contribution in [3.63, 3.8) is 0 Å². The molecule has 1 aromatic heterocycles. The van der Waals surface area contributed by atoms with Gasteiger partial charge in [0.15, 0.2) is 12.4 Å². The quantitative estimate of drug-likeness (QED) is 0.427. The van der Waals surface area contributed by atoms with Gasteiger partial charge in [0.1, 0.15) is 5.75 Å². The molecule has 0 fully saturated rings. The number of ketones is 1. The van der Waals surface area contributed by atoms with Crippen LogP contribution in [0.15, 0.2) is 91.5 Å². The lowest BCUT2D eigenvalue weighted by Crippen LogP contribution is -2.21. The number of anilines is 1. The predicted molar refractivity (Wildman–Crippen MR) is 119 cm³/mol. The lowest BCUT2D eigenvalue weighted by molar-refractivity contribution is -0.118. The van der Waals surface area contributed by atoms with Gasteiger partial charge in [-0.25, -0.2) is 4.98 Å². The van der Waals surface area contributed by atoms with Crippen molar-refractivity contribution in [3.8, 4) is 11.4 Å². The maximum Gasteiger partial charge on any atom is 0.262 e. The second kappa shape index (κ2) is 9.28. The van der Waals surface area contributed by atoms with Crippen molar-refractivity contribution in [1.82, 2.24) is 9.55 Å². The first kappa shape index (κ1) is 20.4. The van der Waals surface area contributed by atoms with Crippen molar-refractivity contribution in [3.05, 3.63) is 108 Å². The number of aromatic nitrogens is 2. The zero-order valence-electron chi connectivity index (χ0n) is 16.4.